The number of benzene rings is 1. The Morgan fingerprint density at radius 1 is 1.48 bits per heavy atom. The Bertz CT molecular complexity index is 490. The molecule has 0 radical (unpaired) electrons. The van der Waals surface area contributed by atoms with Crippen molar-refractivity contribution in [3.63, 3.8) is 0 Å². The van der Waals surface area contributed by atoms with Crippen LogP contribution in [0.2, 0.25) is 5.02 Å². The predicted molar refractivity (Wildman–Crippen MR) is 85.6 cm³/mol. The lowest BCUT2D eigenvalue weighted by atomic mass is 10.1. The van der Waals surface area contributed by atoms with Crippen LogP contribution in [0.15, 0.2) is 18.2 Å². The summed E-state index contributed by atoms with van der Waals surface area (Å²) in [6.07, 6.45) is 2.50. The number of carbonyl (C=O) groups is 1. The maximum atomic E-state index is 12.0. The molecule has 0 spiro atoms. The molecule has 1 saturated heterocycles. The highest BCUT2D eigenvalue weighted by atomic mass is 35.5. The molecular formula is C15H22ClN3O2. The van der Waals surface area contributed by atoms with E-state index in [4.69, 9.17) is 22.1 Å². The Labute approximate surface area is 130 Å². The summed E-state index contributed by atoms with van der Waals surface area (Å²) in [7, 11) is 2.06. The molecule has 1 fully saturated rings. The topological polar surface area (TPSA) is 67.6 Å². The lowest BCUT2D eigenvalue weighted by molar-refractivity contribution is -0.116. The van der Waals surface area contributed by atoms with Gasteiger partial charge in [-0.25, -0.2) is 0 Å². The van der Waals surface area contributed by atoms with Gasteiger partial charge in [0.1, 0.15) is 0 Å². The van der Waals surface area contributed by atoms with Gasteiger partial charge in [-0.15, -0.1) is 0 Å². The van der Waals surface area contributed by atoms with Gasteiger partial charge in [0.05, 0.1) is 10.7 Å². The highest BCUT2D eigenvalue weighted by molar-refractivity contribution is 6.34. The second-order valence-corrected chi connectivity index (χ2v) is 5.77. The predicted octanol–water partition coefficient (Wildman–Crippen LogP) is 2.36. The Hall–Kier alpha value is -1.30. The highest BCUT2D eigenvalue weighted by Crippen LogP contribution is 2.24. The van der Waals surface area contributed by atoms with Crippen molar-refractivity contribution < 1.29 is 9.53 Å². The summed E-state index contributed by atoms with van der Waals surface area (Å²) in [5.41, 5.74) is 6.81. The number of nitrogen functional groups attached to an aromatic ring is 1. The van der Waals surface area contributed by atoms with Gasteiger partial charge in [0.25, 0.3) is 0 Å². The van der Waals surface area contributed by atoms with E-state index in [1.807, 2.05) is 0 Å². The van der Waals surface area contributed by atoms with Crippen LogP contribution >= 0.6 is 11.6 Å². The molecule has 0 saturated carbocycles. The maximum Gasteiger partial charge on any atom is 0.225 e. The van der Waals surface area contributed by atoms with E-state index in [1.54, 1.807) is 18.2 Å². The molecule has 1 aliphatic heterocycles. The van der Waals surface area contributed by atoms with Crippen LogP contribution < -0.4 is 11.1 Å². The minimum atomic E-state index is -0.0411. The van der Waals surface area contributed by atoms with Crippen LogP contribution in [0.3, 0.4) is 0 Å². The summed E-state index contributed by atoms with van der Waals surface area (Å²) in [5, 5.41) is 3.28. The van der Waals surface area contributed by atoms with Gasteiger partial charge < -0.3 is 20.7 Å². The average Bonchev–Trinajstić information content (AvgIpc) is 2.48. The molecule has 1 heterocycles. The number of carbonyl (C=O) groups excluding carboxylic acids is 1. The van der Waals surface area contributed by atoms with Crippen molar-refractivity contribution in [2.75, 3.05) is 37.9 Å². The molecule has 1 aliphatic rings. The average molecular weight is 312 g/mol. The van der Waals surface area contributed by atoms with Crippen molar-refractivity contribution in [1.82, 2.24) is 4.90 Å². The molecule has 0 bridgehead atoms. The molecule has 116 valence electrons. The zero-order chi connectivity index (χ0) is 15.2. The molecule has 3 N–H and O–H groups in total. The Morgan fingerprint density at radius 2 is 2.19 bits per heavy atom. The monoisotopic (exact) mass is 311 g/mol. The number of nitrogens with zero attached hydrogens (tertiary/aromatic N) is 1. The van der Waals surface area contributed by atoms with Crippen LogP contribution in [-0.2, 0) is 9.53 Å². The third-order valence-corrected chi connectivity index (χ3v) is 4.09. The Balaban J connectivity index is 1.78. The van der Waals surface area contributed by atoms with E-state index in [0.29, 0.717) is 28.9 Å². The third-order valence-electron chi connectivity index (χ3n) is 3.77. The minimum absolute atomic E-state index is 0.0411. The zero-order valence-electron chi connectivity index (χ0n) is 12.3. The van der Waals surface area contributed by atoms with E-state index in [9.17, 15) is 4.79 Å². The standard InChI is InChI=1S/C15H22ClN3O2/c1-19(12-5-8-21-9-6-12)7-4-15(20)18-14-3-2-11(17)10-13(14)16/h2-3,10,12H,4-9,17H2,1H3,(H,18,20). The third kappa shape index (κ3) is 4.88. The zero-order valence-corrected chi connectivity index (χ0v) is 13.0. The lowest BCUT2D eigenvalue weighted by Gasteiger charge is -2.30. The largest absolute Gasteiger partial charge is 0.399 e. The maximum absolute atomic E-state index is 12.0. The van der Waals surface area contributed by atoms with E-state index in [0.717, 1.165) is 32.6 Å². The molecule has 1 aromatic rings. The summed E-state index contributed by atoms with van der Waals surface area (Å²) in [6.45, 7) is 2.34. The number of ether oxygens (including phenoxy) is 1. The number of hydrogen-bond acceptors (Lipinski definition) is 4. The number of amides is 1. The van der Waals surface area contributed by atoms with Crippen LogP contribution in [0.1, 0.15) is 19.3 Å². The van der Waals surface area contributed by atoms with Gasteiger partial charge in [0.2, 0.25) is 5.91 Å². The van der Waals surface area contributed by atoms with Gasteiger partial charge in [-0.2, -0.15) is 0 Å². The van der Waals surface area contributed by atoms with Gasteiger partial charge >= 0.3 is 0 Å². The fourth-order valence-corrected chi connectivity index (χ4v) is 2.67. The Morgan fingerprint density at radius 3 is 2.86 bits per heavy atom. The molecule has 2 rings (SSSR count). The van der Waals surface area contributed by atoms with Crippen LogP contribution in [0.5, 0.6) is 0 Å². The molecule has 5 nitrogen and oxygen atoms in total. The van der Waals surface area contributed by atoms with E-state index in [-0.39, 0.29) is 5.91 Å². The summed E-state index contributed by atoms with van der Waals surface area (Å²) in [6, 6.07) is 5.57. The number of anilines is 2. The van der Waals surface area contributed by atoms with E-state index >= 15 is 0 Å². The van der Waals surface area contributed by atoms with Crippen LogP contribution in [-0.4, -0.2) is 43.7 Å². The minimum Gasteiger partial charge on any atom is -0.399 e. The van der Waals surface area contributed by atoms with E-state index in [2.05, 4.69) is 17.3 Å². The molecule has 1 amide bonds. The van der Waals surface area contributed by atoms with Crippen molar-refractivity contribution in [2.45, 2.75) is 25.3 Å². The van der Waals surface area contributed by atoms with Crippen LogP contribution in [0, 0.1) is 0 Å². The van der Waals surface area contributed by atoms with Crippen LogP contribution in [0.4, 0.5) is 11.4 Å². The van der Waals surface area contributed by atoms with Gasteiger partial charge in [0.15, 0.2) is 0 Å². The first-order valence-electron chi connectivity index (χ1n) is 7.19. The molecule has 0 unspecified atom stereocenters. The second kappa shape index (κ2) is 7.64. The van der Waals surface area contributed by atoms with Crippen molar-refractivity contribution in [3.05, 3.63) is 23.2 Å². The first-order chi connectivity index (χ1) is 10.1. The molecule has 0 aliphatic carbocycles. The van der Waals surface area contributed by atoms with E-state index < -0.39 is 0 Å². The van der Waals surface area contributed by atoms with Crippen molar-refractivity contribution >= 4 is 28.9 Å². The van der Waals surface area contributed by atoms with Crippen molar-refractivity contribution in [3.8, 4) is 0 Å². The fourth-order valence-electron chi connectivity index (χ4n) is 2.43. The number of rotatable bonds is 5. The first-order valence-corrected chi connectivity index (χ1v) is 7.57. The summed E-state index contributed by atoms with van der Waals surface area (Å²) >= 11 is 6.04. The van der Waals surface area contributed by atoms with E-state index in [1.165, 1.54) is 0 Å². The molecule has 0 aromatic heterocycles. The molecule has 0 atom stereocenters. The molecule has 1 aromatic carbocycles. The SMILES string of the molecule is CN(CCC(=O)Nc1ccc(N)cc1Cl)C1CCOCC1. The van der Waals surface area contributed by atoms with Gasteiger partial charge in [-0.05, 0) is 38.1 Å². The van der Waals surface area contributed by atoms with Gasteiger partial charge in [0, 0.05) is 37.9 Å². The molecular weight excluding hydrogens is 290 g/mol. The summed E-state index contributed by atoms with van der Waals surface area (Å²) < 4.78 is 5.35. The Kier molecular flexibility index (Phi) is 5.85. The molecule has 6 heteroatoms. The number of hydrogen-bond donors (Lipinski definition) is 2. The van der Waals surface area contributed by atoms with Crippen molar-refractivity contribution in [2.24, 2.45) is 0 Å². The van der Waals surface area contributed by atoms with Crippen LogP contribution in [0.25, 0.3) is 0 Å². The van der Waals surface area contributed by atoms with Crippen molar-refractivity contribution in [1.29, 1.82) is 0 Å². The molecule has 21 heavy (non-hydrogen) atoms. The fraction of sp³-hybridized carbons (Fsp3) is 0.533. The van der Waals surface area contributed by atoms with Gasteiger partial charge in [-0.1, -0.05) is 11.6 Å². The summed E-state index contributed by atoms with van der Waals surface area (Å²) in [4.78, 5) is 14.2. The summed E-state index contributed by atoms with van der Waals surface area (Å²) in [5.74, 6) is -0.0411. The highest BCUT2D eigenvalue weighted by Gasteiger charge is 2.18. The normalized spacial score (nSPS) is 16.1. The number of nitrogens with one attached hydrogen (secondary N) is 1. The second-order valence-electron chi connectivity index (χ2n) is 5.36. The number of halogens is 1. The quantitative estimate of drug-likeness (QED) is 0.819. The first kappa shape index (κ1) is 16.1. The number of nitrogens with two attached hydrogens (primary N) is 1. The smallest absolute Gasteiger partial charge is 0.225 e. The van der Waals surface area contributed by atoms with Gasteiger partial charge in [-0.3, -0.25) is 4.79 Å². The lowest BCUT2D eigenvalue weighted by Crippen LogP contribution is -2.38.